The number of rotatable bonds is 5. The average Bonchev–Trinajstić information content (AvgIpc) is 2.66. The zero-order chi connectivity index (χ0) is 18.7. The number of halogens is 1. The van der Waals surface area contributed by atoms with Gasteiger partial charge in [0.15, 0.2) is 17.0 Å². The number of fused-ring (bicyclic) bond motifs is 1. The summed E-state index contributed by atoms with van der Waals surface area (Å²) in [5.41, 5.74) is -1.15. The van der Waals surface area contributed by atoms with Gasteiger partial charge in [0.1, 0.15) is 6.61 Å². The summed E-state index contributed by atoms with van der Waals surface area (Å²) in [5.74, 6) is -0.719. The van der Waals surface area contributed by atoms with Gasteiger partial charge in [-0.1, -0.05) is 42.8 Å². The molecule has 7 heteroatoms. The fraction of sp³-hybridized carbons (Fsp3) is 0.263. The van der Waals surface area contributed by atoms with E-state index in [0.717, 1.165) is 0 Å². The van der Waals surface area contributed by atoms with Crippen LogP contribution in [-0.2, 0) is 15.1 Å². The number of carbonyl (C=O) groups excluding carboxylic acids is 1. The second-order valence-electron chi connectivity index (χ2n) is 5.92. The first-order chi connectivity index (χ1) is 12.5. The highest BCUT2D eigenvalue weighted by atomic mass is 35.5. The van der Waals surface area contributed by atoms with Gasteiger partial charge in [0, 0.05) is 5.02 Å². The molecule has 0 bridgehead atoms. The number of aliphatic carboxylic acids is 1. The lowest BCUT2D eigenvalue weighted by Gasteiger charge is -2.33. The summed E-state index contributed by atoms with van der Waals surface area (Å²) in [6.07, 6.45) is -0.790. The SMILES string of the molecule is CCC(NC(=O)C1COc2ccccc2O1)(C(=O)O)c1ccc(Cl)cc1. The van der Waals surface area contributed by atoms with Crippen molar-refractivity contribution in [3.63, 3.8) is 0 Å². The van der Waals surface area contributed by atoms with Crippen LogP contribution in [0.25, 0.3) is 0 Å². The molecule has 0 aliphatic carbocycles. The smallest absolute Gasteiger partial charge is 0.334 e. The Labute approximate surface area is 155 Å². The molecular formula is C19H18ClNO5. The maximum Gasteiger partial charge on any atom is 0.334 e. The maximum atomic E-state index is 12.7. The number of hydrogen-bond donors (Lipinski definition) is 2. The van der Waals surface area contributed by atoms with Gasteiger partial charge in [-0.05, 0) is 36.2 Å². The molecule has 6 nitrogen and oxygen atoms in total. The Balaban J connectivity index is 1.84. The Hall–Kier alpha value is -2.73. The summed E-state index contributed by atoms with van der Waals surface area (Å²) < 4.78 is 11.2. The first-order valence-corrected chi connectivity index (χ1v) is 8.54. The van der Waals surface area contributed by atoms with Crippen LogP contribution in [0.1, 0.15) is 18.9 Å². The van der Waals surface area contributed by atoms with Crippen molar-refractivity contribution >= 4 is 23.5 Å². The van der Waals surface area contributed by atoms with Gasteiger partial charge >= 0.3 is 5.97 Å². The number of carboxylic acids is 1. The molecule has 0 aromatic heterocycles. The number of ether oxygens (including phenoxy) is 2. The quantitative estimate of drug-likeness (QED) is 0.839. The number of amides is 1. The average molecular weight is 376 g/mol. The minimum absolute atomic E-state index is 0.00285. The standard InChI is InChI=1S/C19H18ClNO5/c1-2-19(18(23)24,12-7-9-13(20)10-8-12)21-17(22)16-11-25-14-5-3-4-6-15(14)26-16/h3-10,16H,2,11H2,1H3,(H,21,22)(H,23,24). The van der Waals surface area contributed by atoms with E-state index in [9.17, 15) is 14.7 Å². The Morgan fingerprint density at radius 1 is 1.19 bits per heavy atom. The first-order valence-electron chi connectivity index (χ1n) is 8.16. The van der Waals surface area contributed by atoms with Crippen LogP contribution in [0, 0.1) is 0 Å². The highest BCUT2D eigenvalue weighted by molar-refractivity contribution is 6.30. The van der Waals surface area contributed by atoms with E-state index in [4.69, 9.17) is 21.1 Å². The lowest BCUT2D eigenvalue weighted by atomic mass is 9.87. The lowest BCUT2D eigenvalue weighted by molar-refractivity contribution is -0.150. The Bertz CT molecular complexity index is 823. The summed E-state index contributed by atoms with van der Waals surface area (Å²) in [6, 6.07) is 13.4. The van der Waals surface area contributed by atoms with E-state index < -0.39 is 23.5 Å². The molecule has 2 N–H and O–H groups in total. The topological polar surface area (TPSA) is 84.9 Å². The van der Waals surface area contributed by atoms with Crippen LogP contribution in [0.5, 0.6) is 11.5 Å². The van der Waals surface area contributed by atoms with E-state index in [-0.39, 0.29) is 13.0 Å². The molecule has 1 heterocycles. The molecule has 136 valence electrons. The summed E-state index contributed by atoms with van der Waals surface area (Å²) in [7, 11) is 0. The van der Waals surface area contributed by atoms with Crippen LogP contribution >= 0.6 is 11.6 Å². The number of para-hydroxylation sites is 2. The molecular weight excluding hydrogens is 358 g/mol. The molecule has 2 atom stereocenters. The molecule has 1 aliphatic heterocycles. The van der Waals surface area contributed by atoms with Gasteiger partial charge in [-0.3, -0.25) is 4.79 Å². The van der Waals surface area contributed by atoms with Crippen molar-refractivity contribution in [2.75, 3.05) is 6.61 Å². The van der Waals surface area contributed by atoms with Crippen LogP contribution in [0.4, 0.5) is 0 Å². The third-order valence-corrected chi connectivity index (χ3v) is 4.62. The van der Waals surface area contributed by atoms with E-state index >= 15 is 0 Å². The third kappa shape index (κ3) is 3.32. The van der Waals surface area contributed by atoms with Gasteiger partial charge in [0.05, 0.1) is 0 Å². The van der Waals surface area contributed by atoms with Crippen LogP contribution in [0.2, 0.25) is 5.02 Å². The Morgan fingerprint density at radius 2 is 1.85 bits per heavy atom. The zero-order valence-electron chi connectivity index (χ0n) is 14.1. The van der Waals surface area contributed by atoms with E-state index in [1.165, 1.54) is 0 Å². The van der Waals surface area contributed by atoms with Gasteiger partial charge in [0.25, 0.3) is 5.91 Å². The molecule has 0 spiro atoms. The van der Waals surface area contributed by atoms with Crippen LogP contribution in [-0.4, -0.2) is 29.7 Å². The van der Waals surface area contributed by atoms with Gasteiger partial charge in [-0.25, -0.2) is 4.79 Å². The van der Waals surface area contributed by atoms with E-state index in [1.807, 2.05) is 0 Å². The molecule has 0 saturated heterocycles. The summed E-state index contributed by atoms with van der Waals surface area (Å²) in [4.78, 5) is 24.8. The molecule has 0 saturated carbocycles. The van der Waals surface area contributed by atoms with Crippen LogP contribution in [0.3, 0.4) is 0 Å². The van der Waals surface area contributed by atoms with Crippen molar-refractivity contribution < 1.29 is 24.2 Å². The number of benzene rings is 2. The molecule has 26 heavy (non-hydrogen) atoms. The summed E-state index contributed by atoms with van der Waals surface area (Å²) >= 11 is 5.89. The zero-order valence-corrected chi connectivity index (χ0v) is 14.8. The summed E-state index contributed by atoms with van der Waals surface area (Å²) in [6.45, 7) is 1.69. The second kappa shape index (κ2) is 7.25. The van der Waals surface area contributed by atoms with Gasteiger partial charge < -0.3 is 19.9 Å². The first kappa shape index (κ1) is 18.1. The minimum Gasteiger partial charge on any atom is -0.485 e. The fourth-order valence-electron chi connectivity index (χ4n) is 2.87. The fourth-order valence-corrected chi connectivity index (χ4v) is 2.99. The molecule has 2 aromatic rings. The van der Waals surface area contributed by atoms with E-state index in [1.54, 1.807) is 55.5 Å². The van der Waals surface area contributed by atoms with Gasteiger partial charge in [-0.2, -0.15) is 0 Å². The largest absolute Gasteiger partial charge is 0.485 e. The predicted molar refractivity (Wildman–Crippen MR) is 95.6 cm³/mol. The predicted octanol–water partition coefficient (Wildman–Crippen LogP) is 2.99. The normalized spacial score (nSPS) is 17.8. The molecule has 1 amide bonds. The second-order valence-corrected chi connectivity index (χ2v) is 6.36. The van der Waals surface area contributed by atoms with E-state index in [0.29, 0.717) is 22.1 Å². The van der Waals surface area contributed by atoms with E-state index in [2.05, 4.69) is 5.32 Å². The highest BCUT2D eigenvalue weighted by Gasteiger charge is 2.42. The van der Waals surface area contributed by atoms with Gasteiger partial charge in [0.2, 0.25) is 6.10 Å². The van der Waals surface area contributed by atoms with Crippen molar-refractivity contribution in [2.24, 2.45) is 0 Å². The monoisotopic (exact) mass is 375 g/mol. The number of carbonyl (C=O) groups is 2. The third-order valence-electron chi connectivity index (χ3n) is 4.37. The van der Waals surface area contributed by atoms with Crippen LogP contribution < -0.4 is 14.8 Å². The van der Waals surface area contributed by atoms with Crippen LogP contribution in [0.15, 0.2) is 48.5 Å². The maximum absolute atomic E-state index is 12.7. The molecule has 1 aliphatic rings. The van der Waals surface area contributed by atoms with Gasteiger partial charge in [-0.15, -0.1) is 0 Å². The number of nitrogens with one attached hydrogen (secondary N) is 1. The number of carboxylic acid groups (broad SMARTS) is 1. The summed E-state index contributed by atoms with van der Waals surface area (Å²) in [5, 5.41) is 12.9. The molecule has 0 fully saturated rings. The molecule has 3 rings (SSSR count). The number of hydrogen-bond acceptors (Lipinski definition) is 4. The van der Waals surface area contributed by atoms with Crippen molar-refractivity contribution in [3.8, 4) is 11.5 Å². The Morgan fingerprint density at radius 3 is 2.46 bits per heavy atom. The lowest BCUT2D eigenvalue weighted by Crippen LogP contribution is -2.56. The molecule has 2 unspecified atom stereocenters. The highest BCUT2D eigenvalue weighted by Crippen LogP contribution is 2.32. The molecule has 0 radical (unpaired) electrons. The Kier molecular flexibility index (Phi) is 5.04. The van der Waals surface area contributed by atoms with Crippen molar-refractivity contribution in [1.82, 2.24) is 5.32 Å². The van der Waals surface area contributed by atoms with Crippen molar-refractivity contribution in [3.05, 3.63) is 59.1 Å². The molecule has 2 aromatic carbocycles. The minimum atomic E-state index is -1.58. The van der Waals surface area contributed by atoms with Crippen molar-refractivity contribution in [2.45, 2.75) is 25.0 Å². The van der Waals surface area contributed by atoms with Crippen molar-refractivity contribution in [1.29, 1.82) is 0 Å².